The molecule has 104 valence electrons. The van der Waals surface area contributed by atoms with Crippen molar-refractivity contribution < 1.29 is 9.59 Å². The number of nitrogens with two attached hydrogens (primary N) is 1. The number of nitrogens with zero attached hydrogens (tertiary/aromatic N) is 1. The summed E-state index contributed by atoms with van der Waals surface area (Å²) in [4.78, 5) is 25.5. The van der Waals surface area contributed by atoms with Crippen LogP contribution in [0.2, 0.25) is 0 Å². The van der Waals surface area contributed by atoms with Gasteiger partial charge in [-0.15, -0.1) is 6.58 Å². The van der Waals surface area contributed by atoms with Crippen LogP contribution in [-0.2, 0) is 0 Å². The van der Waals surface area contributed by atoms with E-state index in [0.29, 0.717) is 11.1 Å². The van der Waals surface area contributed by atoms with Gasteiger partial charge in [-0.1, -0.05) is 35.9 Å². The molecule has 20 heavy (non-hydrogen) atoms. The van der Waals surface area contributed by atoms with Gasteiger partial charge in [0.25, 0.3) is 0 Å². The highest BCUT2D eigenvalue weighted by Gasteiger charge is 2.30. The van der Waals surface area contributed by atoms with Crippen LogP contribution in [0.5, 0.6) is 0 Å². The maximum Gasteiger partial charge on any atom is 0.323 e. The van der Waals surface area contributed by atoms with Crippen molar-refractivity contribution in [3.63, 3.8) is 0 Å². The number of Topliss-reactive ketones (excluding diaryl/α,β-unsaturated/α-hetero) is 1. The maximum atomic E-state index is 12.4. The molecule has 1 aromatic carbocycles. The number of hydrogen-bond donors (Lipinski definition) is 2. The molecular weight excluding hydrogens is 254 g/mol. The van der Waals surface area contributed by atoms with Crippen LogP contribution in [0.3, 0.4) is 0 Å². The van der Waals surface area contributed by atoms with Gasteiger partial charge in [0.15, 0.2) is 5.78 Å². The SMILES string of the molecule is C=CCN1C(=O)NC=C(C(=O)c2ccc(C)cc2)C1N. The lowest BCUT2D eigenvalue weighted by Gasteiger charge is -2.32. The van der Waals surface area contributed by atoms with E-state index >= 15 is 0 Å². The Kier molecular flexibility index (Phi) is 4.00. The van der Waals surface area contributed by atoms with E-state index in [9.17, 15) is 9.59 Å². The third kappa shape index (κ3) is 2.62. The van der Waals surface area contributed by atoms with Crippen LogP contribution >= 0.6 is 0 Å². The average Bonchev–Trinajstić information content (AvgIpc) is 2.44. The molecule has 0 fully saturated rings. The zero-order valence-electron chi connectivity index (χ0n) is 11.3. The number of amides is 2. The molecular formula is C15H17N3O2. The molecule has 0 spiro atoms. The van der Waals surface area contributed by atoms with Gasteiger partial charge in [-0.2, -0.15) is 0 Å². The summed E-state index contributed by atoms with van der Waals surface area (Å²) in [6, 6.07) is 6.89. The van der Waals surface area contributed by atoms with E-state index in [2.05, 4.69) is 11.9 Å². The standard InChI is InChI=1S/C15H17N3O2/c1-3-8-18-14(16)12(9-17-15(18)20)13(19)11-6-4-10(2)5-7-11/h3-7,9,14H,1,8,16H2,2H3,(H,17,20). The molecule has 0 saturated carbocycles. The van der Waals surface area contributed by atoms with Gasteiger partial charge in [-0.05, 0) is 6.92 Å². The second-order valence-electron chi connectivity index (χ2n) is 4.63. The van der Waals surface area contributed by atoms with Crippen molar-refractivity contribution in [3.05, 3.63) is 59.8 Å². The van der Waals surface area contributed by atoms with E-state index in [-0.39, 0.29) is 18.4 Å². The summed E-state index contributed by atoms with van der Waals surface area (Å²) < 4.78 is 0. The van der Waals surface area contributed by atoms with Crippen LogP contribution in [-0.4, -0.2) is 29.4 Å². The summed E-state index contributed by atoms with van der Waals surface area (Å²) in [6.07, 6.45) is 2.18. The quantitative estimate of drug-likeness (QED) is 0.644. The largest absolute Gasteiger partial charge is 0.323 e. The van der Waals surface area contributed by atoms with Crippen LogP contribution in [0.15, 0.2) is 48.7 Å². The first kappa shape index (κ1) is 14.0. The maximum absolute atomic E-state index is 12.4. The van der Waals surface area contributed by atoms with Crippen LogP contribution in [0.25, 0.3) is 0 Å². The molecule has 0 bridgehead atoms. The molecule has 2 rings (SSSR count). The third-order valence-electron chi connectivity index (χ3n) is 3.17. The van der Waals surface area contributed by atoms with Crippen molar-refractivity contribution in [2.75, 3.05) is 6.54 Å². The van der Waals surface area contributed by atoms with Gasteiger partial charge < -0.3 is 16.0 Å². The molecule has 1 atom stereocenters. The van der Waals surface area contributed by atoms with E-state index in [1.165, 1.54) is 11.1 Å². The molecule has 0 radical (unpaired) electrons. The van der Waals surface area contributed by atoms with E-state index in [1.807, 2.05) is 19.1 Å². The van der Waals surface area contributed by atoms with Crippen LogP contribution in [0, 0.1) is 6.92 Å². The fraction of sp³-hybridized carbons (Fsp3) is 0.200. The van der Waals surface area contributed by atoms with Crippen molar-refractivity contribution in [2.45, 2.75) is 13.1 Å². The molecule has 5 nitrogen and oxygen atoms in total. The van der Waals surface area contributed by atoms with Crippen LogP contribution < -0.4 is 11.1 Å². The Labute approximate surface area is 117 Å². The zero-order valence-corrected chi connectivity index (χ0v) is 11.3. The Morgan fingerprint density at radius 3 is 2.70 bits per heavy atom. The first-order valence-corrected chi connectivity index (χ1v) is 6.29. The van der Waals surface area contributed by atoms with E-state index in [1.54, 1.807) is 18.2 Å². The van der Waals surface area contributed by atoms with Crippen molar-refractivity contribution in [1.82, 2.24) is 10.2 Å². The fourth-order valence-corrected chi connectivity index (χ4v) is 2.01. The lowest BCUT2D eigenvalue weighted by molar-refractivity contribution is 0.101. The number of ketones is 1. The number of aryl methyl sites for hydroxylation is 1. The topological polar surface area (TPSA) is 75.4 Å². The first-order chi connectivity index (χ1) is 9.54. The number of rotatable bonds is 4. The summed E-state index contributed by atoms with van der Waals surface area (Å²) in [5.41, 5.74) is 7.98. The van der Waals surface area contributed by atoms with Crippen molar-refractivity contribution in [3.8, 4) is 0 Å². The highest BCUT2D eigenvalue weighted by atomic mass is 16.2. The Morgan fingerprint density at radius 2 is 2.10 bits per heavy atom. The molecule has 1 aliphatic rings. The van der Waals surface area contributed by atoms with Gasteiger partial charge in [0, 0.05) is 18.3 Å². The van der Waals surface area contributed by atoms with Crippen LogP contribution in [0.1, 0.15) is 15.9 Å². The molecule has 0 saturated heterocycles. The Balaban J connectivity index is 2.27. The molecule has 1 aliphatic heterocycles. The van der Waals surface area contributed by atoms with Gasteiger partial charge in [0.05, 0.1) is 5.57 Å². The molecule has 0 aliphatic carbocycles. The minimum absolute atomic E-state index is 0.188. The monoisotopic (exact) mass is 271 g/mol. The Bertz CT molecular complexity index is 575. The van der Waals surface area contributed by atoms with Gasteiger partial charge >= 0.3 is 6.03 Å². The summed E-state index contributed by atoms with van der Waals surface area (Å²) in [5, 5.41) is 2.54. The highest BCUT2D eigenvalue weighted by molar-refractivity contribution is 6.10. The highest BCUT2D eigenvalue weighted by Crippen LogP contribution is 2.17. The lowest BCUT2D eigenvalue weighted by Crippen LogP contribution is -2.55. The molecule has 0 aromatic heterocycles. The molecule has 2 amide bonds. The van der Waals surface area contributed by atoms with E-state index in [4.69, 9.17) is 5.73 Å². The number of benzene rings is 1. The van der Waals surface area contributed by atoms with Crippen molar-refractivity contribution in [1.29, 1.82) is 0 Å². The molecule has 1 heterocycles. The third-order valence-corrected chi connectivity index (χ3v) is 3.17. The number of carbonyl (C=O) groups excluding carboxylic acids is 2. The lowest BCUT2D eigenvalue weighted by atomic mass is 9.99. The zero-order chi connectivity index (χ0) is 14.7. The normalized spacial score (nSPS) is 18.3. The van der Waals surface area contributed by atoms with E-state index < -0.39 is 6.17 Å². The predicted molar refractivity (Wildman–Crippen MR) is 77.0 cm³/mol. The van der Waals surface area contributed by atoms with Gasteiger partial charge in [-0.3, -0.25) is 4.79 Å². The smallest absolute Gasteiger partial charge is 0.314 e. The Morgan fingerprint density at radius 1 is 1.45 bits per heavy atom. The molecule has 5 heteroatoms. The Hall–Kier alpha value is -2.40. The molecule has 1 aromatic rings. The van der Waals surface area contributed by atoms with Gasteiger partial charge in [0.2, 0.25) is 0 Å². The number of hydrogen-bond acceptors (Lipinski definition) is 3. The number of nitrogens with one attached hydrogen (secondary N) is 1. The second kappa shape index (κ2) is 5.71. The molecule has 3 N–H and O–H groups in total. The van der Waals surface area contributed by atoms with Crippen LogP contribution in [0.4, 0.5) is 4.79 Å². The van der Waals surface area contributed by atoms with Crippen molar-refractivity contribution >= 4 is 11.8 Å². The summed E-state index contributed by atoms with van der Waals surface area (Å²) in [5.74, 6) is -0.188. The predicted octanol–water partition coefficient (Wildman–Crippen LogP) is 1.56. The fourth-order valence-electron chi connectivity index (χ4n) is 2.01. The summed E-state index contributed by atoms with van der Waals surface area (Å²) in [7, 11) is 0. The minimum atomic E-state index is -0.768. The number of carbonyl (C=O) groups is 2. The minimum Gasteiger partial charge on any atom is -0.314 e. The van der Waals surface area contributed by atoms with Crippen molar-refractivity contribution in [2.24, 2.45) is 5.73 Å². The van der Waals surface area contributed by atoms with Gasteiger partial charge in [-0.25, -0.2) is 4.79 Å². The molecule has 1 unspecified atom stereocenters. The number of urea groups is 1. The first-order valence-electron chi connectivity index (χ1n) is 6.29. The van der Waals surface area contributed by atoms with E-state index in [0.717, 1.165) is 5.56 Å². The average molecular weight is 271 g/mol. The van der Waals surface area contributed by atoms with Gasteiger partial charge in [0.1, 0.15) is 6.17 Å². The summed E-state index contributed by atoms with van der Waals surface area (Å²) >= 11 is 0. The summed E-state index contributed by atoms with van der Waals surface area (Å²) in [6.45, 7) is 5.81. The second-order valence-corrected chi connectivity index (χ2v) is 4.63.